The molecular weight excluding hydrogens is 244 g/mol. The summed E-state index contributed by atoms with van der Waals surface area (Å²) >= 11 is 1.87. The van der Waals surface area contributed by atoms with Gasteiger partial charge in [0.2, 0.25) is 0 Å². The number of para-hydroxylation sites is 1. The number of rotatable bonds is 6. The predicted octanol–water partition coefficient (Wildman–Crippen LogP) is 2.73. The third-order valence-corrected chi connectivity index (χ3v) is 3.86. The van der Waals surface area contributed by atoms with Crippen LogP contribution in [0.4, 0.5) is 0 Å². The Morgan fingerprint density at radius 3 is 2.83 bits per heavy atom. The summed E-state index contributed by atoms with van der Waals surface area (Å²) in [5, 5.41) is 1.13. The Bertz CT molecular complexity index is 462. The fourth-order valence-electron chi connectivity index (χ4n) is 1.72. The van der Waals surface area contributed by atoms with E-state index >= 15 is 0 Å². The van der Waals surface area contributed by atoms with E-state index < -0.39 is 0 Å². The molecule has 0 bridgehead atoms. The highest BCUT2D eigenvalue weighted by atomic mass is 32.2. The van der Waals surface area contributed by atoms with E-state index in [1.807, 2.05) is 42.1 Å². The maximum absolute atomic E-state index is 6.15. The van der Waals surface area contributed by atoms with Gasteiger partial charge in [-0.05, 0) is 26.2 Å². The zero-order valence-electron chi connectivity index (χ0n) is 10.9. The van der Waals surface area contributed by atoms with Crippen molar-refractivity contribution in [1.82, 2.24) is 4.90 Å². The molecule has 0 aliphatic heterocycles. The molecule has 1 atom stereocenters. The molecule has 2 rings (SSSR count). The zero-order valence-corrected chi connectivity index (χ0v) is 11.7. The van der Waals surface area contributed by atoms with E-state index in [1.165, 1.54) is 0 Å². The van der Waals surface area contributed by atoms with Gasteiger partial charge in [0.25, 0.3) is 0 Å². The first-order valence-corrected chi connectivity index (χ1v) is 7.29. The highest BCUT2D eigenvalue weighted by Gasteiger charge is 2.11. The zero-order chi connectivity index (χ0) is 13.0. The molecule has 0 amide bonds. The topological polar surface area (TPSA) is 42.4 Å². The third-order valence-electron chi connectivity index (χ3n) is 2.79. The Labute approximate surface area is 112 Å². The number of hydrogen-bond donors (Lipinski definition) is 1. The number of nitrogens with two attached hydrogens (primary N) is 1. The van der Waals surface area contributed by atoms with E-state index in [9.17, 15) is 0 Å². The smallest absolute Gasteiger partial charge is 0.134 e. The number of benzene rings is 1. The SMILES string of the molecule is CN(C)CCSCC(N)c1cc2ccccc2o1. The monoisotopic (exact) mass is 264 g/mol. The predicted molar refractivity (Wildman–Crippen MR) is 79.0 cm³/mol. The van der Waals surface area contributed by atoms with Gasteiger partial charge in [-0.3, -0.25) is 0 Å². The van der Waals surface area contributed by atoms with Crippen molar-refractivity contribution in [1.29, 1.82) is 0 Å². The summed E-state index contributed by atoms with van der Waals surface area (Å²) in [6, 6.07) is 10.0. The summed E-state index contributed by atoms with van der Waals surface area (Å²) < 4.78 is 5.76. The van der Waals surface area contributed by atoms with Crippen LogP contribution in [-0.2, 0) is 0 Å². The van der Waals surface area contributed by atoms with Crippen molar-refractivity contribution in [3.63, 3.8) is 0 Å². The number of nitrogens with zero attached hydrogens (tertiary/aromatic N) is 1. The average Bonchev–Trinajstić information content (AvgIpc) is 2.78. The van der Waals surface area contributed by atoms with Crippen molar-refractivity contribution in [3.05, 3.63) is 36.1 Å². The molecule has 18 heavy (non-hydrogen) atoms. The quantitative estimate of drug-likeness (QED) is 0.815. The van der Waals surface area contributed by atoms with E-state index in [0.29, 0.717) is 0 Å². The standard InChI is InChI=1S/C14H20N2OS/c1-16(2)7-8-18-10-12(15)14-9-11-5-3-4-6-13(11)17-14/h3-6,9,12H,7-8,10,15H2,1-2H3. The molecule has 0 spiro atoms. The first kappa shape index (κ1) is 13.5. The van der Waals surface area contributed by atoms with Gasteiger partial charge < -0.3 is 15.1 Å². The molecule has 0 aliphatic carbocycles. The van der Waals surface area contributed by atoms with Crippen LogP contribution in [0.5, 0.6) is 0 Å². The first-order chi connectivity index (χ1) is 8.66. The van der Waals surface area contributed by atoms with Crippen LogP contribution in [0, 0.1) is 0 Å². The summed E-state index contributed by atoms with van der Waals surface area (Å²) in [6.45, 7) is 1.08. The van der Waals surface area contributed by atoms with E-state index in [2.05, 4.69) is 19.0 Å². The highest BCUT2D eigenvalue weighted by molar-refractivity contribution is 7.99. The molecule has 0 saturated heterocycles. The molecule has 0 aliphatic rings. The van der Waals surface area contributed by atoms with Crippen LogP contribution < -0.4 is 5.73 Å². The Morgan fingerprint density at radius 1 is 1.33 bits per heavy atom. The highest BCUT2D eigenvalue weighted by Crippen LogP contribution is 2.24. The second kappa shape index (κ2) is 6.27. The van der Waals surface area contributed by atoms with Gasteiger partial charge in [0.1, 0.15) is 11.3 Å². The van der Waals surface area contributed by atoms with Gasteiger partial charge in [0.15, 0.2) is 0 Å². The number of thioether (sulfide) groups is 1. The third kappa shape index (κ3) is 3.51. The summed E-state index contributed by atoms with van der Waals surface area (Å²) in [5.41, 5.74) is 7.07. The van der Waals surface area contributed by atoms with E-state index in [4.69, 9.17) is 10.2 Å². The van der Waals surface area contributed by atoms with Crippen molar-refractivity contribution in [2.75, 3.05) is 32.1 Å². The van der Waals surface area contributed by atoms with Gasteiger partial charge in [-0.25, -0.2) is 0 Å². The van der Waals surface area contributed by atoms with Crippen LogP contribution >= 0.6 is 11.8 Å². The molecule has 2 aromatic rings. The van der Waals surface area contributed by atoms with Crippen molar-refractivity contribution in [2.45, 2.75) is 6.04 Å². The van der Waals surface area contributed by atoms with Gasteiger partial charge in [0.05, 0.1) is 6.04 Å². The normalized spacial score (nSPS) is 13.3. The molecule has 0 fully saturated rings. The fourth-order valence-corrected chi connectivity index (χ4v) is 2.80. The molecule has 98 valence electrons. The summed E-state index contributed by atoms with van der Waals surface area (Å²) in [4.78, 5) is 2.18. The molecule has 0 saturated carbocycles. The Balaban J connectivity index is 1.90. The average molecular weight is 264 g/mol. The lowest BCUT2D eigenvalue weighted by Gasteiger charge is -2.11. The molecule has 2 N–H and O–H groups in total. The minimum atomic E-state index is -0.0236. The van der Waals surface area contributed by atoms with Crippen molar-refractivity contribution in [2.24, 2.45) is 5.73 Å². The lowest BCUT2D eigenvalue weighted by molar-refractivity contribution is 0.437. The molecule has 1 aromatic carbocycles. The second-order valence-electron chi connectivity index (χ2n) is 4.67. The van der Waals surface area contributed by atoms with E-state index in [0.717, 1.165) is 34.8 Å². The molecule has 1 aromatic heterocycles. The number of furan rings is 1. The van der Waals surface area contributed by atoms with E-state index in [1.54, 1.807) is 0 Å². The lowest BCUT2D eigenvalue weighted by atomic mass is 10.2. The van der Waals surface area contributed by atoms with Gasteiger partial charge in [-0.1, -0.05) is 18.2 Å². The molecule has 0 radical (unpaired) electrons. The van der Waals surface area contributed by atoms with Crippen molar-refractivity contribution >= 4 is 22.7 Å². The molecule has 1 heterocycles. The summed E-state index contributed by atoms with van der Waals surface area (Å²) in [7, 11) is 4.17. The van der Waals surface area contributed by atoms with Gasteiger partial charge in [0, 0.05) is 23.4 Å². The Morgan fingerprint density at radius 2 is 2.11 bits per heavy atom. The van der Waals surface area contributed by atoms with Crippen LogP contribution in [0.15, 0.2) is 34.7 Å². The van der Waals surface area contributed by atoms with Crippen LogP contribution in [-0.4, -0.2) is 37.0 Å². The molecule has 1 unspecified atom stereocenters. The molecule has 4 heteroatoms. The first-order valence-electron chi connectivity index (χ1n) is 6.13. The largest absolute Gasteiger partial charge is 0.459 e. The number of fused-ring (bicyclic) bond motifs is 1. The molecular formula is C14H20N2OS. The minimum Gasteiger partial charge on any atom is -0.459 e. The van der Waals surface area contributed by atoms with Gasteiger partial charge in [-0.2, -0.15) is 11.8 Å². The van der Waals surface area contributed by atoms with Gasteiger partial charge in [-0.15, -0.1) is 0 Å². The molecule has 3 nitrogen and oxygen atoms in total. The summed E-state index contributed by atoms with van der Waals surface area (Å²) in [6.07, 6.45) is 0. The fraction of sp³-hybridized carbons (Fsp3) is 0.429. The summed E-state index contributed by atoms with van der Waals surface area (Å²) in [5.74, 6) is 2.88. The Kier molecular flexibility index (Phi) is 4.69. The van der Waals surface area contributed by atoms with Crippen molar-refractivity contribution in [3.8, 4) is 0 Å². The van der Waals surface area contributed by atoms with Gasteiger partial charge >= 0.3 is 0 Å². The lowest BCUT2D eigenvalue weighted by Crippen LogP contribution is -2.17. The second-order valence-corrected chi connectivity index (χ2v) is 5.82. The maximum atomic E-state index is 6.15. The van der Waals surface area contributed by atoms with Crippen LogP contribution in [0.1, 0.15) is 11.8 Å². The maximum Gasteiger partial charge on any atom is 0.134 e. The minimum absolute atomic E-state index is 0.0236. The van der Waals surface area contributed by atoms with Crippen molar-refractivity contribution < 1.29 is 4.42 Å². The van der Waals surface area contributed by atoms with Crippen LogP contribution in [0.3, 0.4) is 0 Å². The van der Waals surface area contributed by atoms with Crippen LogP contribution in [0.25, 0.3) is 11.0 Å². The van der Waals surface area contributed by atoms with Crippen LogP contribution in [0.2, 0.25) is 0 Å². The van der Waals surface area contributed by atoms with E-state index in [-0.39, 0.29) is 6.04 Å². The Hall–Kier alpha value is -0.970. The number of hydrogen-bond acceptors (Lipinski definition) is 4.